The van der Waals surface area contributed by atoms with E-state index < -0.39 is 6.61 Å². The maximum absolute atomic E-state index is 12.4. The lowest BCUT2D eigenvalue weighted by Gasteiger charge is -2.18. The molecule has 0 bridgehead atoms. The van der Waals surface area contributed by atoms with Crippen LogP contribution in [0.5, 0.6) is 17.2 Å². The first-order chi connectivity index (χ1) is 12.0. The number of hydrogen-bond acceptors (Lipinski definition) is 4. The predicted octanol–water partition coefficient (Wildman–Crippen LogP) is 3.45. The van der Waals surface area contributed by atoms with Crippen LogP contribution in [-0.2, 0) is 0 Å². The number of halogens is 2. The van der Waals surface area contributed by atoms with E-state index in [1.54, 1.807) is 7.05 Å². The molecule has 0 unspecified atom stereocenters. The average Bonchev–Trinajstić information content (AvgIpc) is 2.61. The number of carbonyl (C=O) groups excluding carboxylic acids is 1. The number of ether oxygens (including phenoxy) is 3. The molecule has 0 N–H and O–H groups in total. The second-order valence-electron chi connectivity index (χ2n) is 5.13. The van der Waals surface area contributed by atoms with Crippen molar-refractivity contribution in [3.05, 3.63) is 54.1 Å². The summed E-state index contributed by atoms with van der Waals surface area (Å²) in [7, 11) is 2.95. The van der Waals surface area contributed by atoms with E-state index in [1.807, 2.05) is 30.3 Å². The summed E-state index contributed by atoms with van der Waals surface area (Å²) in [4.78, 5) is 13.9. The maximum Gasteiger partial charge on any atom is 0.387 e. The van der Waals surface area contributed by atoms with Gasteiger partial charge >= 0.3 is 6.61 Å². The standard InChI is InChI=1S/C18H19F2NO4/c1-21(10-11-24-14-6-4-3-5-7-14)17(22)13-8-9-15(25-18(19)20)16(12-13)23-2/h3-9,12,18H,10-11H2,1-2H3. The number of amides is 1. The number of methoxy groups -OCH3 is 1. The Kier molecular flexibility index (Phi) is 6.56. The topological polar surface area (TPSA) is 48.0 Å². The van der Waals surface area contributed by atoms with Crippen molar-refractivity contribution in [3.8, 4) is 17.2 Å². The van der Waals surface area contributed by atoms with Crippen molar-refractivity contribution in [3.63, 3.8) is 0 Å². The van der Waals surface area contributed by atoms with Crippen molar-refractivity contribution in [1.29, 1.82) is 0 Å². The Morgan fingerprint density at radius 3 is 2.48 bits per heavy atom. The van der Waals surface area contributed by atoms with Gasteiger partial charge < -0.3 is 19.1 Å². The van der Waals surface area contributed by atoms with Gasteiger partial charge in [0.2, 0.25) is 0 Å². The molecule has 134 valence electrons. The Labute approximate surface area is 144 Å². The zero-order valence-corrected chi connectivity index (χ0v) is 13.9. The highest BCUT2D eigenvalue weighted by molar-refractivity contribution is 5.94. The SMILES string of the molecule is COc1cc(C(=O)N(C)CCOc2ccccc2)ccc1OC(F)F. The van der Waals surface area contributed by atoms with Crippen LogP contribution >= 0.6 is 0 Å². The van der Waals surface area contributed by atoms with Crippen LogP contribution in [0.25, 0.3) is 0 Å². The molecule has 5 nitrogen and oxygen atoms in total. The molecule has 25 heavy (non-hydrogen) atoms. The molecule has 1 amide bonds. The fraction of sp³-hybridized carbons (Fsp3) is 0.278. The highest BCUT2D eigenvalue weighted by atomic mass is 19.3. The van der Waals surface area contributed by atoms with E-state index in [0.717, 1.165) is 5.75 Å². The van der Waals surface area contributed by atoms with Crippen LogP contribution in [-0.4, -0.2) is 44.7 Å². The molecule has 0 heterocycles. The van der Waals surface area contributed by atoms with E-state index in [1.165, 1.54) is 30.2 Å². The maximum atomic E-state index is 12.4. The number of hydrogen-bond donors (Lipinski definition) is 0. The van der Waals surface area contributed by atoms with Crippen LogP contribution < -0.4 is 14.2 Å². The van der Waals surface area contributed by atoms with Gasteiger partial charge in [0, 0.05) is 12.6 Å². The lowest BCUT2D eigenvalue weighted by atomic mass is 10.1. The first kappa shape index (κ1) is 18.5. The van der Waals surface area contributed by atoms with Crippen molar-refractivity contribution in [1.82, 2.24) is 4.90 Å². The van der Waals surface area contributed by atoms with E-state index in [2.05, 4.69) is 4.74 Å². The molecule has 0 radical (unpaired) electrons. The zero-order chi connectivity index (χ0) is 18.2. The molecular formula is C18H19F2NO4. The number of nitrogens with zero attached hydrogens (tertiary/aromatic N) is 1. The number of likely N-dealkylation sites (N-methyl/N-ethyl adjacent to an activating group) is 1. The lowest BCUT2D eigenvalue weighted by molar-refractivity contribution is -0.0512. The van der Waals surface area contributed by atoms with E-state index >= 15 is 0 Å². The summed E-state index contributed by atoms with van der Waals surface area (Å²) in [6, 6.07) is 13.3. The van der Waals surface area contributed by atoms with E-state index in [4.69, 9.17) is 9.47 Å². The van der Waals surface area contributed by atoms with Crippen LogP contribution in [0.3, 0.4) is 0 Å². The van der Waals surface area contributed by atoms with Gasteiger partial charge in [-0.1, -0.05) is 18.2 Å². The number of alkyl halides is 2. The van der Waals surface area contributed by atoms with Crippen LogP contribution in [0.15, 0.2) is 48.5 Å². The lowest BCUT2D eigenvalue weighted by Crippen LogP contribution is -2.30. The molecule has 2 aromatic carbocycles. The van der Waals surface area contributed by atoms with Crippen LogP contribution in [0.4, 0.5) is 8.78 Å². The number of rotatable bonds is 8. The molecule has 0 aromatic heterocycles. The highest BCUT2D eigenvalue weighted by Crippen LogP contribution is 2.29. The average molecular weight is 351 g/mol. The van der Waals surface area contributed by atoms with Crippen molar-refractivity contribution < 1.29 is 27.8 Å². The van der Waals surface area contributed by atoms with Gasteiger partial charge in [-0.05, 0) is 30.3 Å². The summed E-state index contributed by atoms with van der Waals surface area (Å²) in [5.41, 5.74) is 0.306. The van der Waals surface area contributed by atoms with Gasteiger partial charge in [0.25, 0.3) is 5.91 Å². The Morgan fingerprint density at radius 1 is 1.12 bits per heavy atom. The van der Waals surface area contributed by atoms with Gasteiger partial charge in [-0.15, -0.1) is 0 Å². The molecule has 2 rings (SSSR count). The van der Waals surface area contributed by atoms with E-state index in [-0.39, 0.29) is 17.4 Å². The van der Waals surface area contributed by atoms with Crippen molar-refractivity contribution >= 4 is 5.91 Å². The molecule has 2 aromatic rings. The van der Waals surface area contributed by atoms with Gasteiger partial charge in [0.05, 0.1) is 13.7 Å². The summed E-state index contributed by atoms with van der Waals surface area (Å²) in [6.07, 6.45) is 0. The number of benzene rings is 2. The van der Waals surface area contributed by atoms with Crippen molar-refractivity contribution in [2.24, 2.45) is 0 Å². The van der Waals surface area contributed by atoms with Gasteiger partial charge in [0.1, 0.15) is 12.4 Å². The second kappa shape index (κ2) is 8.86. The van der Waals surface area contributed by atoms with Gasteiger partial charge in [0.15, 0.2) is 11.5 Å². The summed E-state index contributed by atoms with van der Waals surface area (Å²) in [5, 5.41) is 0. The third-order valence-electron chi connectivity index (χ3n) is 3.41. The molecule has 0 spiro atoms. The van der Waals surface area contributed by atoms with Gasteiger partial charge in [-0.25, -0.2) is 0 Å². The monoisotopic (exact) mass is 351 g/mol. The summed E-state index contributed by atoms with van der Waals surface area (Å²) in [6.45, 7) is -2.27. The third kappa shape index (κ3) is 5.34. The fourth-order valence-corrected chi connectivity index (χ4v) is 2.13. The normalized spacial score (nSPS) is 10.4. The second-order valence-corrected chi connectivity index (χ2v) is 5.13. The molecule has 0 saturated carbocycles. The van der Waals surface area contributed by atoms with E-state index in [0.29, 0.717) is 18.7 Å². The van der Waals surface area contributed by atoms with Crippen LogP contribution in [0, 0.1) is 0 Å². The first-order valence-electron chi connectivity index (χ1n) is 7.57. The van der Waals surface area contributed by atoms with Crippen molar-refractivity contribution in [2.45, 2.75) is 6.61 Å². The summed E-state index contributed by atoms with van der Waals surface area (Å²) in [5.74, 6) is 0.390. The fourth-order valence-electron chi connectivity index (χ4n) is 2.13. The zero-order valence-electron chi connectivity index (χ0n) is 13.9. The number of para-hydroxylation sites is 1. The third-order valence-corrected chi connectivity index (χ3v) is 3.41. The molecule has 0 fully saturated rings. The van der Waals surface area contributed by atoms with Gasteiger partial charge in [-0.2, -0.15) is 8.78 Å². The Balaban J connectivity index is 1.96. The van der Waals surface area contributed by atoms with Crippen LogP contribution in [0.2, 0.25) is 0 Å². The molecular weight excluding hydrogens is 332 g/mol. The molecule has 0 atom stereocenters. The molecule has 0 aliphatic heterocycles. The van der Waals surface area contributed by atoms with Gasteiger partial charge in [-0.3, -0.25) is 4.79 Å². The van der Waals surface area contributed by atoms with Crippen molar-refractivity contribution in [2.75, 3.05) is 27.3 Å². The Morgan fingerprint density at radius 2 is 1.84 bits per heavy atom. The minimum atomic E-state index is -2.96. The summed E-state index contributed by atoms with van der Waals surface area (Å²) < 4.78 is 39.6. The molecule has 7 heteroatoms. The Hall–Kier alpha value is -2.83. The predicted molar refractivity (Wildman–Crippen MR) is 88.5 cm³/mol. The summed E-state index contributed by atoms with van der Waals surface area (Å²) >= 11 is 0. The molecule has 0 aliphatic carbocycles. The first-order valence-corrected chi connectivity index (χ1v) is 7.57. The largest absolute Gasteiger partial charge is 0.493 e. The highest BCUT2D eigenvalue weighted by Gasteiger charge is 2.16. The quantitative estimate of drug-likeness (QED) is 0.731. The minimum Gasteiger partial charge on any atom is -0.493 e. The van der Waals surface area contributed by atoms with Crippen LogP contribution in [0.1, 0.15) is 10.4 Å². The van der Waals surface area contributed by atoms with E-state index in [9.17, 15) is 13.6 Å². The smallest absolute Gasteiger partial charge is 0.387 e. The minimum absolute atomic E-state index is 0.0695. The molecule has 0 aliphatic rings. The molecule has 0 saturated heterocycles. The number of carbonyl (C=O) groups is 1. The Bertz CT molecular complexity index is 695.